The van der Waals surface area contributed by atoms with E-state index in [9.17, 15) is 9.90 Å². The van der Waals surface area contributed by atoms with E-state index in [0.29, 0.717) is 75.5 Å². The van der Waals surface area contributed by atoms with Crippen molar-refractivity contribution in [1.29, 1.82) is 0 Å². The van der Waals surface area contributed by atoms with Gasteiger partial charge in [0.1, 0.15) is 74.6 Å². The summed E-state index contributed by atoms with van der Waals surface area (Å²) in [4.78, 5) is 12.8. The minimum Gasteiger partial charge on any atom is -0.490 e. The highest BCUT2D eigenvalue weighted by Crippen LogP contribution is 2.57. The molecule has 12 rings (SSSR count). The van der Waals surface area contributed by atoms with Gasteiger partial charge in [-0.25, -0.2) is 4.79 Å². The average Bonchev–Trinajstić information content (AvgIpc) is 3.88. The molecule has 4 aliphatic rings. The third kappa shape index (κ3) is 12.4. The predicted octanol–water partition coefficient (Wildman–Crippen LogP) is 13.9. The largest absolute Gasteiger partial charge is 0.490 e. The molecule has 0 aromatic heterocycles. The number of hydrogen-bond donors (Lipinski definition) is 1. The smallest absolute Gasteiger partial charge is 0.332 e. The molecule has 83 heavy (non-hydrogen) atoms. The van der Waals surface area contributed by atoms with Crippen molar-refractivity contribution in [2.75, 3.05) is 33.0 Å². The number of aliphatic hydroxyl groups excluding tert-OH is 1. The Morgan fingerprint density at radius 3 is 1.22 bits per heavy atom. The van der Waals surface area contributed by atoms with Crippen LogP contribution in [0.2, 0.25) is 0 Å². The summed E-state index contributed by atoms with van der Waals surface area (Å²) in [7, 11) is 0. The number of rotatable bonds is 18. The molecule has 2 aliphatic carbocycles. The van der Waals surface area contributed by atoms with Gasteiger partial charge in [0.25, 0.3) is 0 Å². The van der Waals surface area contributed by atoms with Crippen LogP contribution in [0.4, 0.5) is 0 Å². The first-order chi connectivity index (χ1) is 40.2. The number of hydrogen-bond acceptors (Lipinski definition) is 11. The summed E-state index contributed by atoms with van der Waals surface area (Å²) >= 11 is 0. The van der Waals surface area contributed by atoms with Crippen molar-refractivity contribution in [3.63, 3.8) is 0 Å². The maximum atomic E-state index is 12.8. The molecule has 0 amide bonds. The van der Waals surface area contributed by atoms with E-state index < -0.39 is 22.8 Å². The Labute approximate surface area is 488 Å². The zero-order valence-corrected chi connectivity index (χ0v) is 48.6. The van der Waals surface area contributed by atoms with E-state index in [1.165, 1.54) is 11.1 Å². The minimum absolute atomic E-state index is 0.0376. The predicted molar refractivity (Wildman–Crippen MR) is 320 cm³/mol. The van der Waals surface area contributed by atoms with Gasteiger partial charge in [-0.05, 0) is 139 Å². The van der Waals surface area contributed by atoms with Crippen molar-refractivity contribution in [2.24, 2.45) is 0 Å². The number of esters is 1. The van der Waals surface area contributed by atoms with Crippen molar-refractivity contribution in [1.82, 2.24) is 0 Å². The maximum Gasteiger partial charge on any atom is 0.332 e. The molecule has 4 atom stereocenters. The molecule has 428 valence electrons. The molecular formula is C72H74O11. The second-order valence-corrected chi connectivity index (χ2v) is 23.3. The number of benzene rings is 8. The fourth-order valence-corrected chi connectivity index (χ4v) is 12.1. The van der Waals surface area contributed by atoms with Crippen molar-refractivity contribution < 1.29 is 52.5 Å². The Hall–Kier alpha value is -8.09. The fraction of sp³-hybridized carbons (Fsp3) is 0.319. The van der Waals surface area contributed by atoms with Crippen molar-refractivity contribution in [2.45, 2.75) is 116 Å². The first kappa shape index (κ1) is 56.8. The molecule has 0 saturated heterocycles. The Balaban J connectivity index is 0.000000175. The lowest BCUT2D eigenvalue weighted by Gasteiger charge is -2.41. The first-order valence-corrected chi connectivity index (χ1v) is 28.8. The number of ether oxygens (including phenoxy) is 9. The zero-order valence-electron chi connectivity index (χ0n) is 48.6. The van der Waals surface area contributed by atoms with Crippen LogP contribution >= 0.6 is 0 Å². The van der Waals surface area contributed by atoms with Gasteiger partial charge in [0, 0.05) is 35.8 Å². The normalized spacial score (nSPS) is 18.7. The first-order valence-electron chi connectivity index (χ1n) is 28.8. The van der Waals surface area contributed by atoms with E-state index >= 15 is 0 Å². The molecule has 11 heteroatoms. The summed E-state index contributed by atoms with van der Waals surface area (Å²) < 4.78 is 57.1. The highest BCUT2D eigenvalue weighted by atomic mass is 16.6. The summed E-state index contributed by atoms with van der Waals surface area (Å²) in [6, 6.07) is 57.5. The molecule has 2 heterocycles. The molecule has 0 spiro atoms. The molecule has 0 radical (unpaired) electrons. The Morgan fingerprint density at radius 2 is 0.855 bits per heavy atom. The van der Waals surface area contributed by atoms with Crippen LogP contribution < -0.4 is 28.4 Å². The van der Waals surface area contributed by atoms with Crippen molar-refractivity contribution >= 4 is 5.97 Å². The molecule has 0 fully saturated rings. The molecule has 2 aliphatic heterocycles. The molecule has 0 saturated carbocycles. The van der Waals surface area contributed by atoms with E-state index in [1.807, 2.05) is 118 Å². The van der Waals surface area contributed by atoms with E-state index in [2.05, 4.69) is 100 Å². The van der Waals surface area contributed by atoms with Gasteiger partial charge in [-0.2, -0.15) is 0 Å². The average molecular weight is 1120 g/mol. The number of fused-ring (bicyclic) bond motifs is 10. The van der Waals surface area contributed by atoms with Crippen molar-refractivity contribution in [3.8, 4) is 34.5 Å². The Morgan fingerprint density at radius 1 is 0.494 bits per heavy atom. The molecule has 11 nitrogen and oxygen atoms in total. The zero-order chi connectivity index (χ0) is 57.7. The van der Waals surface area contributed by atoms with E-state index in [0.717, 1.165) is 78.3 Å². The van der Waals surface area contributed by atoms with Crippen LogP contribution in [-0.4, -0.2) is 60.9 Å². The van der Waals surface area contributed by atoms with Gasteiger partial charge in [-0.3, -0.25) is 0 Å². The quantitative estimate of drug-likeness (QED) is 0.0827. The molecule has 4 unspecified atom stereocenters. The van der Waals surface area contributed by atoms with Crippen LogP contribution in [-0.2, 0) is 58.3 Å². The summed E-state index contributed by atoms with van der Waals surface area (Å²) in [5, 5.41) is 9.65. The highest BCUT2D eigenvalue weighted by molar-refractivity contribution is 5.71. The third-order valence-corrected chi connectivity index (χ3v) is 16.3. The van der Waals surface area contributed by atoms with Crippen LogP contribution in [0.25, 0.3) is 0 Å². The van der Waals surface area contributed by atoms with Crippen molar-refractivity contribution in [3.05, 3.63) is 248 Å². The van der Waals surface area contributed by atoms with Gasteiger partial charge in [0.15, 0.2) is 23.0 Å². The Bertz CT molecular complexity index is 3560. The second-order valence-electron chi connectivity index (χ2n) is 23.3. The van der Waals surface area contributed by atoms with Gasteiger partial charge >= 0.3 is 5.97 Å². The summed E-state index contributed by atoms with van der Waals surface area (Å²) in [5.41, 5.74) is 13.6. The SMILES string of the molecule is Cc1ccc2c(c1C)OCC1(OCC(=O)OC(C)(C)C)Cc3cc(OCc4ccccc4)c(OCc4ccccc4)cc3C21.Cc1ccc2c(c1C)OCC1(OCCO)Cc3cc(OCc4ccccc4)c(OCc4ccccc4)cc3C21. The van der Waals surface area contributed by atoms with E-state index in [4.69, 9.17) is 42.6 Å². The van der Waals surface area contributed by atoms with Gasteiger partial charge < -0.3 is 47.7 Å². The summed E-state index contributed by atoms with van der Waals surface area (Å²) in [6.45, 7) is 16.5. The van der Waals surface area contributed by atoms with E-state index in [1.54, 1.807) is 0 Å². The standard InChI is InChI=1S/C38H40O6.C34H34O5/c1-25-16-17-30-35-31-19-33(41-22-28-14-10-7-11-15-28)32(40-21-27-12-8-6-9-13-27)18-29(31)20-38(35,24-42-36(30)26(25)2)43-23-34(39)44-37(3,4)5;1-23-13-14-28-32-29-18-31(37-21-26-11-7-4-8-12-26)30(36-20-25-9-5-3-6-10-25)17-27(29)19-34(32,39-16-15-35)22-38-33(28)24(23)2/h6-19,35H,20-24H2,1-5H3;3-14,17-18,32,35H,15-16,19-22H2,1-2H3. The molecule has 0 bridgehead atoms. The number of aryl methyl sites for hydroxylation is 2. The fourth-order valence-electron chi connectivity index (χ4n) is 12.1. The second kappa shape index (κ2) is 24.4. The topological polar surface area (TPSA) is 120 Å². The van der Waals surface area contributed by atoms with E-state index in [-0.39, 0.29) is 31.7 Å². The lowest BCUT2D eigenvalue weighted by molar-refractivity contribution is -0.170. The van der Waals surface area contributed by atoms with Crippen LogP contribution in [0, 0.1) is 27.7 Å². The highest BCUT2D eigenvalue weighted by Gasteiger charge is 2.55. The van der Waals surface area contributed by atoms with Gasteiger partial charge in [-0.15, -0.1) is 0 Å². The number of carbonyl (C=O) groups excluding carboxylic acids is 1. The Kier molecular flexibility index (Phi) is 16.7. The summed E-state index contributed by atoms with van der Waals surface area (Å²) in [5.74, 6) is 3.99. The summed E-state index contributed by atoms with van der Waals surface area (Å²) in [6.07, 6.45) is 1.23. The van der Waals surface area contributed by atoms with Gasteiger partial charge in [0.2, 0.25) is 0 Å². The van der Waals surface area contributed by atoms with Crippen LogP contribution in [0.5, 0.6) is 34.5 Å². The maximum absolute atomic E-state index is 12.8. The lowest BCUT2D eigenvalue weighted by Crippen LogP contribution is -2.48. The monoisotopic (exact) mass is 1110 g/mol. The minimum atomic E-state index is -0.789. The number of aliphatic hydroxyl groups is 1. The van der Waals surface area contributed by atoms with Crippen LogP contribution in [0.15, 0.2) is 170 Å². The molecule has 8 aromatic rings. The number of carbonyl (C=O) groups is 1. The lowest BCUT2D eigenvalue weighted by atomic mass is 9.79. The molecule has 1 N–H and O–H groups in total. The van der Waals surface area contributed by atoms with Crippen LogP contribution in [0.3, 0.4) is 0 Å². The third-order valence-electron chi connectivity index (χ3n) is 16.3. The van der Waals surface area contributed by atoms with Crippen LogP contribution in [0.1, 0.15) is 110 Å². The van der Waals surface area contributed by atoms with Gasteiger partial charge in [0.05, 0.1) is 13.2 Å². The molecular weight excluding hydrogens is 1040 g/mol. The molecule has 8 aromatic carbocycles. The van der Waals surface area contributed by atoms with Gasteiger partial charge in [-0.1, -0.05) is 146 Å².